The second kappa shape index (κ2) is 11.4. The summed E-state index contributed by atoms with van der Waals surface area (Å²) in [4.78, 5) is 21.3. The highest BCUT2D eigenvalue weighted by molar-refractivity contribution is 5.89. The molecule has 0 aromatic heterocycles. The van der Waals surface area contributed by atoms with Gasteiger partial charge in [0.1, 0.15) is 12.4 Å². The largest absolute Gasteiger partial charge is 0.489 e. The number of aliphatic carboxylic acids is 2. The molecule has 6 heteroatoms. The molecule has 0 unspecified atom stereocenters. The van der Waals surface area contributed by atoms with E-state index in [9.17, 15) is 9.59 Å². The Morgan fingerprint density at radius 3 is 1.88 bits per heavy atom. The number of carboxylic acid groups (broad SMARTS) is 2. The molecule has 0 aliphatic carbocycles. The Bertz CT molecular complexity index is 710. The molecule has 0 spiro atoms. The molecule has 0 saturated heterocycles. The van der Waals surface area contributed by atoms with Crippen LogP contribution in [0, 0.1) is 0 Å². The van der Waals surface area contributed by atoms with E-state index in [2.05, 4.69) is 43.3 Å². The summed E-state index contributed by atoms with van der Waals surface area (Å²) < 4.78 is 5.80. The van der Waals surface area contributed by atoms with Gasteiger partial charge in [-0.1, -0.05) is 42.5 Å². The summed E-state index contributed by atoms with van der Waals surface area (Å²) in [5.41, 5.74) is 2.56. The van der Waals surface area contributed by atoms with Crippen LogP contribution in [0.4, 0.5) is 0 Å². The zero-order chi connectivity index (χ0) is 19.4. The van der Waals surface area contributed by atoms with Gasteiger partial charge < -0.3 is 19.8 Å². The molecule has 0 fully saturated rings. The highest BCUT2D eigenvalue weighted by Crippen LogP contribution is 2.15. The van der Waals surface area contributed by atoms with Gasteiger partial charge in [0.2, 0.25) is 0 Å². The molecule has 0 aliphatic heterocycles. The molecule has 138 valence electrons. The third-order valence-corrected chi connectivity index (χ3v) is 3.11. The summed E-state index contributed by atoms with van der Waals surface area (Å²) in [5.74, 6) is -1.60. The number of rotatable bonds is 7. The van der Waals surface area contributed by atoms with Gasteiger partial charge in [-0.15, -0.1) is 0 Å². The second-order valence-electron chi connectivity index (χ2n) is 5.62. The third-order valence-electron chi connectivity index (χ3n) is 3.11. The van der Waals surface area contributed by atoms with Gasteiger partial charge in [-0.3, -0.25) is 0 Å². The molecule has 2 aromatic carbocycles. The first-order valence-corrected chi connectivity index (χ1v) is 7.91. The lowest BCUT2D eigenvalue weighted by molar-refractivity contribution is -0.134. The van der Waals surface area contributed by atoms with Gasteiger partial charge >= 0.3 is 11.9 Å². The maximum Gasteiger partial charge on any atom is 0.328 e. The summed E-state index contributed by atoms with van der Waals surface area (Å²) in [6.07, 6.45) is 1.12. The Morgan fingerprint density at radius 1 is 0.885 bits per heavy atom. The van der Waals surface area contributed by atoms with E-state index in [1.165, 1.54) is 11.1 Å². The van der Waals surface area contributed by atoms with E-state index in [0.29, 0.717) is 18.8 Å². The predicted molar refractivity (Wildman–Crippen MR) is 99.0 cm³/mol. The van der Waals surface area contributed by atoms with Crippen molar-refractivity contribution in [1.82, 2.24) is 4.90 Å². The number of hydrogen-bond donors (Lipinski definition) is 2. The van der Waals surface area contributed by atoms with Gasteiger partial charge in [0.15, 0.2) is 0 Å². The lowest BCUT2D eigenvalue weighted by Crippen LogP contribution is -2.13. The van der Waals surface area contributed by atoms with Crippen molar-refractivity contribution in [3.8, 4) is 5.75 Å². The molecule has 0 amide bonds. The molecule has 0 radical (unpaired) electrons. The lowest BCUT2D eigenvalue weighted by Gasteiger charge is -2.14. The van der Waals surface area contributed by atoms with Crippen LogP contribution in [0.3, 0.4) is 0 Å². The molecule has 0 atom stereocenters. The van der Waals surface area contributed by atoms with Crippen molar-refractivity contribution >= 4 is 11.9 Å². The number of para-hydroxylation sites is 1. The van der Waals surface area contributed by atoms with Gasteiger partial charge in [-0.25, -0.2) is 9.59 Å². The SMILES string of the molecule is CN(C)Cc1ccccc1COc1ccccc1.O=C(O)C=CC(=O)O. The minimum atomic E-state index is -1.26. The van der Waals surface area contributed by atoms with Gasteiger partial charge in [0.25, 0.3) is 0 Å². The predicted octanol–water partition coefficient (Wildman–Crippen LogP) is 3.04. The van der Waals surface area contributed by atoms with Crippen molar-refractivity contribution in [2.24, 2.45) is 0 Å². The summed E-state index contributed by atoms with van der Waals surface area (Å²) in [5, 5.41) is 15.6. The Balaban J connectivity index is 0.000000359. The van der Waals surface area contributed by atoms with Crippen molar-refractivity contribution < 1.29 is 24.5 Å². The molecule has 2 rings (SSSR count). The second-order valence-corrected chi connectivity index (χ2v) is 5.62. The summed E-state index contributed by atoms with van der Waals surface area (Å²) in [7, 11) is 4.16. The fraction of sp³-hybridized carbons (Fsp3) is 0.200. The summed E-state index contributed by atoms with van der Waals surface area (Å²) >= 11 is 0. The van der Waals surface area contributed by atoms with Crippen LogP contribution in [0.5, 0.6) is 5.75 Å². The van der Waals surface area contributed by atoms with Crippen molar-refractivity contribution in [2.75, 3.05) is 14.1 Å². The van der Waals surface area contributed by atoms with Crippen LogP contribution in [0.1, 0.15) is 11.1 Å². The van der Waals surface area contributed by atoms with E-state index < -0.39 is 11.9 Å². The average Bonchev–Trinajstić information content (AvgIpc) is 2.60. The van der Waals surface area contributed by atoms with Crippen molar-refractivity contribution in [3.05, 3.63) is 77.9 Å². The fourth-order valence-electron chi connectivity index (χ4n) is 2.01. The van der Waals surface area contributed by atoms with Gasteiger partial charge in [0, 0.05) is 18.7 Å². The van der Waals surface area contributed by atoms with E-state index in [1.807, 2.05) is 30.3 Å². The molecule has 0 aliphatic rings. The monoisotopic (exact) mass is 357 g/mol. The molecule has 2 aromatic rings. The lowest BCUT2D eigenvalue weighted by atomic mass is 10.1. The minimum absolute atomic E-state index is 0.558. The normalized spacial score (nSPS) is 10.3. The molecular weight excluding hydrogens is 334 g/mol. The number of benzene rings is 2. The molecule has 2 N–H and O–H groups in total. The van der Waals surface area contributed by atoms with Crippen LogP contribution in [-0.4, -0.2) is 41.1 Å². The van der Waals surface area contributed by atoms with Crippen LogP contribution in [0.15, 0.2) is 66.7 Å². The first kappa shape index (κ1) is 20.9. The molecular formula is C20H23NO5. The van der Waals surface area contributed by atoms with Crippen molar-refractivity contribution in [1.29, 1.82) is 0 Å². The van der Waals surface area contributed by atoms with Gasteiger partial charge in [-0.2, -0.15) is 0 Å². The zero-order valence-electron chi connectivity index (χ0n) is 14.8. The van der Waals surface area contributed by atoms with Gasteiger partial charge in [0.05, 0.1) is 0 Å². The van der Waals surface area contributed by atoms with E-state index >= 15 is 0 Å². The molecule has 6 nitrogen and oxygen atoms in total. The zero-order valence-corrected chi connectivity index (χ0v) is 14.8. The molecule has 0 bridgehead atoms. The van der Waals surface area contributed by atoms with Gasteiger partial charge in [-0.05, 0) is 37.4 Å². The number of hydrogen-bond acceptors (Lipinski definition) is 4. The van der Waals surface area contributed by atoms with Crippen molar-refractivity contribution in [3.63, 3.8) is 0 Å². The number of ether oxygens (including phenoxy) is 1. The quantitative estimate of drug-likeness (QED) is 0.741. The molecule has 0 saturated carbocycles. The van der Waals surface area contributed by atoms with Crippen LogP contribution in [0.25, 0.3) is 0 Å². The smallest absolute Gasteiger partial charge is 0.328 e. The standard InChI is InChI=1S/C16H19NO.C4H4O4/c1-17(2)12-14-8-6-7-9-15(14)13-18-16-10-4-3-5-11-16;5-3(6)1-2-4(7)8/h3-11H,12-13H2,1-2H3;1-2H,(H,5,6)(H,7,8). The highest BCUT2D eigenvalue weighted by Gasteiger charge is 2.03. The first-order valence-electron chi connectivity index (χ1n) is 7.91. The van der Waals surface area contributed by atoms with Crippen LogP contribution in [0.2, 0.25) is 0 Å². The van der Waals surface area contributed by atoms with E-state index in [0.717, 1.165) is 12.3 Å². The molecule has 0 heterocycles. The van der Waals surface area contributed by atoms with E-state index in [-0.39, 0.29) is 0 Å². The first-order chi connectivity index (χ1) is 12.4. The maximum atomic E-state index is 9.55. The number of carbonyl (C=O) groups is 2. The molecule has 26 heavy (non-hydrogen) atoms. The Kier molecular flexibility index (Phi) is 9.20. The Labute approximate surface area is 153 Å². The van der Waals surface area contributed by atoms with Crippen LogP contribution in [-0.2, 0) is 22.7 Å². The van der Waals surface area contributed by atoms with Crippen LogP contribution < -0.4 is 4.74 Å². The van der Waals surface area contributed by atoms with E-state index in [1.54, 1.807) is 0 Å². The van der Waals surface area contributed by atoms with Crippen molar-refractivity contribution in [2.45, 2.75) is 13.2 Å². The average molecular weight is 357 g/mol. The summed E-state index contributed by atoms with van der Waals surface area (Å²) in [6, 6.07) is 18.3. The fourth-order valence-corrected chi connectivity index (χ4v) is 2.01. The Morgan fingerprint density at radius 2 is 1.38 bits per heavy atom. The number of carboxylic acids is 2. The minimum Gasteiger partial charge on any atom is -0.489 e. The topological polar surface area (TPSA) is 87.1 Å². The maximum absolute atomic E-state index is 9.55. The Hall–Kier alpha value is -3.12. The third kappa shape index (κ3) is 9.24. The highest BCUT2D eigenvalue weighted by atomic mass is 16.5. The van der Waals surface area contributed by atoms with E-state index in [4.69, 9.17) is 14.9 Å². The van der Waals surface area contributed by atoms with Crippen LogP contribution >= 0.6 is 0 Å². The number of nitrogens with zero attached hydrogens (tertiary/aromatic N) is 1. The summed E-state index contributed by atoms with van der Waals surface area (Å²) in [6.45, 7) is 1.56.